The van der Waals surface area contributed by atoms with Crippen LogP contribution in [0.15, 0.2) is 22.7 Å². The van der Waals surface area contributed by atoms with Gasteiger partial charge in [-0.1, -0.05) is 22.0 Å². The molecule has 1 saturated heterocycles. The van der Waals surface area contributed by atoms with Crippen molar-refractivity contribution >= 4 is 27.8 Å². The van der Waals surface area contributed by atoms with Gasteiger partial charge in [-0.25, -0.2) is 0 Å². The lowest BCUT2D eigenvalue weighted by Crippen LogP contribution is -2.50. The molecule has 1 amide bonds. The van der Waals surface area contributed by atoms with Crippen molar-refractivity contribution in [3.8, 4) is 0 Å². The van der Waals surface area contributed by atoms with Crippen LogP contribution < -0.4 is 5.73 Å². The van der Waals surface area contributed by atoms with E-state index in [9.17, 15) is 9.59 Å². The first-order valence-corrected chi connectivity index (χ1v) is 6.70. The van der Waals surface area contributed by atoms with Crippen molar-refractivity contribution in [3.63, 3.8) is 0 Å². The van der Waals surface area contributed by atoms with Crippen LogP contribution in [-0.2, 0) is 4.79 Å². The Kier molecular flexibility index (Phi) is 3.64. The number of aliphatic carboxylic acids is 1. The molecule has 1 fully saturated rings. The first-order valence-electron chi connectivity index (χ1n) is 5.91. The van der Waals surface area contributed by atoms with Crippen molar-refractivity contribution in [2.45, 2.75) is 18.9 Å². The number of halogens is 1. The number of likely N-dealkylation sites (tertiary alicyclic amines) is 1. The van der Waals surface area contributed by atoms with Crippen LogP contribution in [0.4, 0.5) is 0 Å². The van der Waals surface area contributed by atoms with E-state index in [1.54, 1.807) is 6.07 Å². The van der Waals surface area contributed by atoms with Crippen molar-refractivity contribution in [1.29, 1.82) is 0 Å². The van der Waals surface area contributed by atoms with E-state index in [0.29, 0.717) is 12.1 Å². The topological polar surface area (TPSA) is 83.6 Å². The molecule has 0 saturated carbocycles. The third-order valence-corrected chi connectivity index (χ3v) is 3.94. The highest BCUT2D eigenvalue weighted by Gasteiger charge is 2.43. The molecule has 19 heavy (non-hydrogen) atoms. The third kappa shape index (κ3) is 2.64. The molecule has 5 nitrogen and oxygen atoms in total. The molecule has 1 heterocycles. The first kappa shape index (κ1) is 14.0. The Balaban J connectivity index is 2.22. The van der Waals surface area contributed by atoms with Gasteiger partial charge in [-0.2, -0.15) is 0 Å². The second-order valence-electron chi connectivity index (χ2n) is 4.90. The summed E-state index contributed by atoms with van der Waals surface area (Å²) in [7, 11) is 0. The monoisotopic (exact) mass is 326 g/mol. The molecule has 2 rings (SSSR count). The fourth-order valence-corrected chi connectivity index (χ4v) is 2.54. The van der Waals surface area contributed by atoms with Crippen LogP contribution in [0.5, 0.6) is 0 Å². The van der Waals surface area contributed by atoms with Crippen LogP contribution in [0.2, 0.25) is 0 Å². The summed E-state index contributed by atoms with van der Waals surface area (Å²) in [5.74, 6) is -1.24. The second-order valence-corrected chi connectivity index (χ2v) is 5.81. The quantitative estimate of drug-likeness (QED) is 0.860. The van der Waals surface area contributed by atoms with Crippen LogP contribution in [-0.4, -0.2) is 40.5 Å². The van der Waals surface area contributed by atoms with E-state index in [1.165, 1.54) is 4.90 Å². The van der Waals surface area contributed by atoms with E-state index in [-0.39, 0.29) is 18.9 Å². The van der Waals surface area contributed by atoms with E-state index in [1.807, 2.05) is 19.1 Å². The van der Waals surface area contributed by atoms with Crippen molar-refractivity contribution in [2.75, 3.05) is 13.1 Å². The molecule has 1 unspecified atom stereocenters. The smallest absolute Gasteiger partial charge is 0.325 e. The number of hydrogen-bond acceptors (Lipinski definition) is 3. The lowest BCUT2D eigenvalue weighted by Gasteiger charge is -2.21. The fourth-order valence-electron chi connectivity index (χ4n) is 2.18. The van der Waals surface area contributed by atoms with Gasteiger partial charge in [-0.05, 0) is 31.0 Å². The second kappa shape index (κ2) is 4.94. The zero-order valence-electron chi connectivity index (χ0n) is 10.5. The zero-order chi connectivity index (χ0) is 14.2. The maximum atomic E-state index is 12.4. The van der Waals surface area contributed by atoms with Crippen LogP contribution in [0.1, 0.15) is 22.3 Å². The highest BCUT2D eigenvalue weighted by atomic mass is 79.9. The van der Waals surface area contributed by atoms with Crippen LogP contribution in [0, 0.1) is 6.92 Å². The van der Waals surface area contributed by atoms with Gasteiger partial charge in [0.15, 0.2) is 0 Å². The summed E-state index contributed by atoms with van der Waals surface area (Å²) in [6.45, 7) is 2.27. The molecular weight excluding hydrogens is 312 g/mol. The maximum absolute atomic E-state index is 12.4. The molecule has 3 N–H and O–H groups in total. The van der Waals surface area contributed by atoms with Gasteiger partial charge in [0.25, 0.3) is 5.91 Å². The standard InChI is InChI=1S/C13H15BrN2O3/c1-8-2-3-9(14)6-10(8)11(17)16-5-4-13(15,7-16)12(18)19/h2-3,6H,4-5,7,15H2,1H3,(H,18,19). The number of amides is 1. The van der Waals surface area contributed by atoms with Gasteiger partial charge in [0, 0.05) is 23.1 Å². The number of nitrogens with two attached hydrogens (primary N) is 1. The molecule has 1 aromatic carbocycles. The predicted molar refractivity (Wildman–Crippen MR) is 74.0 cm³/mol. The van der Waals surface area contributed by atoms with E-state index in [2.05, 4.69) is 15.9 Å². The number of aryl methyl sites for hydroxylation is 1. The summed E-state index contributed by atoms with van der Waals surface area (Å²) in [4.78, 5) is 25.0. The van der Waals surface area contributed by atoms with Crippen molar-refractivity contribution in [3.05, 3.63) is 33.8 Å². The molecule has 0 spiro atoms. The molecule has 1 atom stereocenters. The Morgan fingerprint density at radius 2 is 2.16 bits per heavy atom. The van der Waals surface area contributed by atoms with Crippen LogP contribution in [0.3, 0.4) is 0 Å². The van der Waals surface area contributed by atoms with Gasteiger partial charge < -0.3 is 15.7 Å². The average Bonchev–Trinajstić information content (AvgIpc) is 2.76. The van der Waals surface area contributed by atoms with Gasteiger partial charge in [0.05, 0.1) is 0 Å². The van der Waals surface area contributed by atoms with E-state index < -0.39 is 11.5 Å². The minimum Gasteiger partial charge on any atom is -0.480 e. The van der Waals surface area contributed by atoms with Crippen LogP contribution >= 0.6 is 15.9 Å². The average molecular weight is 327 g/mol. The van der Waals surface area contributed by atoms with E-state index in [4.69, 9.17) is 10.8 Å². The number of hydrogen-bond donors (Lipinski definition) is 2. The number of rotatable bonds is 2. The summed E-state index contributed by atoms with van der Waals surface area (Å²) in [5, 5.41) is 9.07. The summed E-state index contributed by atoms with van der Waals surface area (Å²) in [6.07, 6.45) is 0.279. The third-order valence-electron chi connectivity index (χ3n) is 3.44. The maximum Gasteiger partial charge on any atom is 0.325 e. The highest BCUT2D eigenvalue weighted by molar-refractivity contribution is 9.10. The van der Waals surface area contributed by atoms with Gasteiger partial charge in [0.2, 0.25) is 0 Å². The Bertz CT molecular complexity index is 547. The SMILES string of the molecule is Cc1ccc(Br)cc1C(=O)N1CCC(N)(C(=O)O)C1. The number of nitrogens with zero attached hydrogens (tertiary/aromatic N) is 1. The number of carbonyl (C=O) groups is 2. The largest absolute Gasteiger partial charge is 0.480 e. The number of carboxylic acids is 1. The normalized spacial score (nSPS) is 22.6. The van der Waals surface area contributed by atoms with E-state index >= 15 is 0 Å². The van der Waals surface area contributed by atoms with Crippen molar-refractivity contribution in [2.24, 2.45) is 5.73 Å². The molecule has 102 valence electrons. The van der Waals surface area contributed by atoms with Gasteiger partial charge in [0.1, 0.15) is 5.54 Å². The molecule has 0 bridgehead atoms. The molecular formula is C13H15BrN2O3. The highest BCUT2D eigenvalue weighted by Crippen LogP contribution is 2.23. The Labute approximate surface area is 119 Å². The van der Waals surface area contributed by atoms with Crippen molar-refractivity contribution in [1.82, 2.24) is 4.90 Å². The molecule has 1 aromatic rings. The summed E-state index contributed by atoms with van der Waals surface area (Å²) < 4.78 is 0.817. The Morgan fingerprint density at radius 3 is 2.74 bits per heavy atom. The van der Waals surface area contributed by atoms with Crippen LogP contribution in [0.25, 0.3) is 0 Å². The summed E-state index contributed by atoms with van der Waals surface area (Å²) >= 11 is 3.33. The molecule has 1 aliphatic rings. The molecule has 0 aromatic heterocycles. The van der Waals surface area contributed by atoms with Gasteiger partial charge >= 0.3 is 5.97 Å². The first-order chi connectivity index (χ1) is 8.83. The molecule has 0 aliphatic carbocycles. The lowest BCUT2D eigenvalue weighted by molar-refractivity contribution is -0.142. The molecule has 6 heteroatoms. The summed E-state index contributed by atoms with van der Waals surface area (Å²) in [5.41, 5.74) is 5.88. The number of benzene rings is 1. The minimum absolute atomic E-state index is 0.0487. The Morgan fingerprint density at radius 1 is 1.47 bits per heavy atom. The number of carboxylic acid groups (broad SMARTS) is 1. The van der Waals surface area contributed by atoms with Gasteiger partial charge in [-0.3, -0.25) is 9.59 Å². The predicted octanol–water partition coefficient (Wildman–Crippen LogP) is 1.39. The lowest BCUT2D eigenvalue weighted by atomic mass is 10.0. The Hall–Kier alpha value is -1.40. The minimum atomic E-state index is -1.32. The van der Waals surface area contributed by atoms with Crippen molar-refractivity contribution < 1.29 is 14.7 Å². The van der Waals surface area contributed by atoms with E-state index in [0.717, 1.165) is 10.0 Å². The fraction of sp³-hybridized carbons (Fsp3) is 0.385. The van der Waals surface area contributed by atoms with Gasteiger partial charge in [-0.15, -0.1) is 0 Å². The summed E-state index contributed by atoms with van der Waals surface area (Å²) in [6, 6.07) is 5.45. The zero-order valence-corrected chi connectivity index (χ0v) is 12.1. The molecule has 0 radical (unpaired) electrons. The number of carbonyl (C=O) groups excluding carboxylic acids is 1. The molecule has 1 aliphatic heterocycles.